The van der Waals surface area contributed by atoms with Crippen LogP contribution in [0.15, 0.2) is 18.2 Å². The number of anilines is 1. The van der Waals surface area contributed by atoms with Crippen molar-refractivity contribution < 1.29 is 21.6 Å². The zero-order valence-corrected chi connectivity index (χ0v) is 10.8. The lowest BCUT2D eigenvalue weighted by molar-refractivity contribution is -0.137. The molecule has 108 valence electrons. The number of nitrogens with two attached hydrogens (primary N) is 2. The molecule has 0 bridgehead atoms. The third-order valence-electron chi connectivity index (χ3n) is 2.38. The second-order valence-electron chi connectivity index (χ2n) is 4.02. The number of halogens is 3. The molecule has 0 heterocycles. The monoisotopic (exact) mass is 297 g/mol. The van der Waals surface area contributed by atoms with Gasteiger partial charge in [0.05, 0.1) is 17.9 Å². The van der Waals surface area contributed by atoms with E-state index in [1.54, 1.807) is 0 Å². The van der Waals surface area contributed by atoms with Crippen molar-refractivity contribution in [2.45, 2.75) is 12.2 Å². The van der Waals surface area contributed by atoms with Gasteiger partial charge in [0.1, 0.15) is 0 Å². The summed E-state index contributed by atoms with van der Waals surface area (Å²) in [5, 5.41) is 0. The number of nitrogens with one attached hydrogen (secondary N) is 1. The molecule has 0 amide bonds. The molecule has 0 fully saturated rings. The van der Waals surface area contributed by atoms with Crippen LogP contribution >= 0.6 is 0 Å². The summed E-state index contributed by atoms with van der Waals surface area (Å²) < 4.78 is 61.8. The molecule has 5 N–H and O–H groups in total. The highest BCUT2D eigenvalue weighted by Gasteiger charge is 2.31. The molecule has 9 heteroatoms. The topological polar surface area (TPSA) is 98.2 Å². The van der Waals surface area contributed by atoms with Gasteiger partial charge in [-0.05, 0) is 17.7 Å². The van der Waals surface area contributed by atoms with Crippen molar-refractivity contribution in [3.8, 4) is 0 Å². The summed E-state index contributed by atoms with van der Waals surface area (Å²) in [6.45, 7) is -0.122. The number of hydrogen-bond acceptors (Lipinski definition) is 4. The Hall–Kier alpha value is -1.32. The molecule has 0 radical (unpaired) electrons. The Morgan fingerprint density at radius 2 is 1.95 bits per heavy atom. The van der Waals surface area contributed by atoms with E-state index in [0.717, 1.165) is 24.5 Å². The lowest BCUT2D eigenvalue weighted by Crippen LogP contribution is -2.33. The molecule has 0 aromatic heterocycles. The molecule has 1 aromatic rings. The molecule has 0 saturated heterocycles. The van der Waals surface area contributed by atoms with Crippen LogP contribution in [-0.2, 0) is 16.2 Å². The van der Waals surface area contributed by atoms with Crippen molar-refractivity contribution in [3.63, 3.8) is 0 Å². The van der Waals surface area contributed by atoms with Crippen LogP contribution in [-0.4, -0.2) is 21.2 Å². The van der Waals surface area contributed by atoms with Crippen molar-refractivity contribution in [1.29, 1.82) is 0 Å². The SMILES string of the molecule is CS(=O)(=O)NC(CN)c1ccc(C(F)(F)F)cc1N. The first-order chi connectivity index (χ1) is 8.54. The van der Waals surface area contributed by atoms with Gasteiger partial charge in [-0.3, -0.25) is 0 Å². The molecule has 0 spiro atoms. The van der Waals surface area contributed by atoms with E-state index in [0.29, 0.717) is 0 Å². The van der Waals surface area contributed by atoms with E-state index in [1.807, 2.05) is 0 Å². The minimum absolute atomic E-state index is 0.122. The van der Waals surface area contributed by atoms with Gasteiger partial charge in [-0.15, -0.1) is 0 Å². The maximum Gasteiger partial charge on any atom is 0.416 e. The number of rotatable bonds is 4. The second-order valence-corrected chi connectivity index (χ2v) is 5.80. The van der Waals surface area contributed by atoms with Gasteiger partial charge in [0, 0.05) is 12.2 Å². The Morgan fingerprint density at radius 3 is 2.32 bits per heavy atom. The lowest BCUT2D eigenvalue weighted by Gasteiger charge is -2.19. The van der Waals surface area contributed by atoms with Crippen molar-refractivity contribution in [1.82, 2.24) is 4.72 Å². The van der Waals surface area contributed by atoms with Gasteiger partial charge < -0.3 is 11.5 Å². The van der Waals surface area contributed by atoms with Crippen LogP contribution in [0.2, 0.25) is 0 Å². The molecule has 0 saturated carbocycles. The van der Waals surface area contributed by atoms with E-state index in [-0.39, 0.29) is 17.8 Å². The number of hydrogen-bond donors (Lipinski definition) is 3. The fourth-order valence-corrected chi connectivity index (χ4v) is 2.31. The van der Waals surface area contributed by atoms with E-state index in [2.05, 4.69) is 4.72 Å². The Morgan fingerprint density at radius 1 is 1.37 bits per heavy atom. The molecule has 0 aliphatic rings. The smallest absolute Gasteiger partial charge is 0.398 e. The number of sulfonamides is 1. The predicted molar refractivity (Wildman–Crippen MR) is 65.6 cm³/mol. The molecular formula is C10H14F3N3O2S. The normalized spacial score (nSPS) is 14.4. The molecule has 0 aliphatic carbocycles. The summed E-state index contributed by atoms with van der Waals surface area (Å²) in [4.78, 5) is 0. The number of benzene rings is 1. The van der Waals surface area contributed by atoms with Gasteiger partial charge in [0.15, 0.2) is 0 Å². The third kappa shape index (κ3) is 4.37. The molecule has 5 nitrogen and oxygen atoms in total. The standard InChI is InChI=1S/C10H14F3N3O2S/c1-19(17,18)16-9(5-14)7-3-2-6(4-8(7)15)10(11,12)13/h2-4,9,16H,5,14-15H2,1H3. The van der Waals surface area contributed by atoms with Crippen molar-refractivity contribution in [3.05, 3.63) is 29.3 Å². The quantitative estimate of drug-likeness (QED) is 0.717. The number of alkyl halides is 3. The van der Waals surface area contributed by atoms with Crippen LogP contribution in [0.25, 0.3) is 0 Å². The van der Waals surface area contributed by atoms with Gasteiger partial charge in [-0.25, -0.2) is 13.1 Å². The average molecular weight is 297 g/mol. The Labute approximate surface area is 108 Å². The van der Waals surface area contributed by atoms with Crippen molar-refractivity contribution in [2.24, 2.45) is 5.73 Å². The van der Waals surface area contributed by atoms with Crippen molar-refractivity contribution >= 4 is 15.7 Å². The van der Waals surface area contributed by atoms with E-state index in [1.165, 1.54) is 0 Å². The highest BCUT2D eigenvalue weighted by Crippen LogP contribution is 2.32. The summed E-state index contributed by atoms with van der Waals surface area (Å²) in [5.41, 5.74) is 10.1. The van der Waals surface area contributed by atoms with E-state index in [4.69, 9.17) is 11.5 Å². The summed E-state index contributed by atoms with van der Waals surface area (Å²) in [7, 11) is -3.55. The first-order valence-electron chi connectivity index (χ1n) is 5.18. The Bertz CT molecular complexity index is 558. The summed E-state index contributed by atoms with van der Waals surface area (Å²) in [6, 6.07) is 1.84. The highest BCUT2D eigenvalue weighted by molar-refractivity contribution is 7.88. The second kappa shape index (κ2) is 5.35. The van der Waals surface area contributed by atoms with Crippen LogP contribution in [0.5, 0.6) is 0 Å². The maximum atomic E-state index is 12.5. The first kappa shape index (κ1) is 15.7. The minimum atomic E-state index is -4.50. The van der Waals surface area contributed by atoms with E-state index < -0.39 is 27.8 Å². The molecule has 1 aromatic carbocycles. The van der Waals surface area contributed by atoms with Crippen molar-refractivity contribution in [2.75, 3.05) is 18.5 Å². The maximum absolute atomic E-state index is 12.5. The average Bonchev–Trinajstić information content (AvgIpc) is 2.23. The zero-order valence-electron chi connectivity index (χ0n) is 10.0. The third-order valence-corrected chi connectivity index (χ3v) is 3.09. The summed E-state index contributed by atoms with van der Waals surface area (Å²) in [6.07, 6.45) is -3.58. The summed E-state index contributed by atoms with van der Waals surface area (Å²) in [5.74, 6) is 0. The van der Waals surface area contributed by atoms with E-state index >= 15 is 0 Å². The predicted octanol–water partition coefficient (Wildman–Crippen LogP) is 0.837. The van der Waals surface area contributed by atoms with Gasteiger partial charge >= 0.3 is 6.18 Å². The largest absolute Gasteiger partial charge is 0.416 e. The fourth-order valence-electron chi connectivity index (χ4n) is 1.57. The minimum Gasteiger partial charge on any atom is -0.398 e. The Kier molecular flexibility index (Phi) is 4.43. The Balaban J connectivity index is 3.14. The van der Waals surface area contributed by atoms with Crippen LogP contribution in [0, 0.1) is 0 Å². The van der Waals surface area contributed by atoms with Gasteiger partial charge in [-0.1, -0.05) is 6.07 Å². The van der Waals surface area contributed by atoms with E-state index in [9.17, 15) is 21.6 Å². The molecule has 1 atom stereocenters. The number of nitrogen functional groups attached to an aromatic ring is 1. The zero-order chi connectivity index (χ0) is 14.8. The van der Waals surface area contributed by atoms with Gasteiger partial charge in [0.25, 0.3) is 0 Å². The molecule has 0 aliphatic heterocycles. The van der Waals surface area contributed by atoms with Gasteiger partial charge in [0.2, 0.25) is 10.0 Å². The molecule has 1 rings (SSSR count). The fraction of sp³-hybridized carbons (Fsp3) is 0.400. The molecular weight excluding hydrogens is 283 g/mol. The highest BCUT2D eigenvalue weighted by atomic mass is 32.2. The van der Waals surface area contributed by atoms with Crippen LogP contribution < -0.4 is 16.2 Å². The molecule has 1 unspecified atom stereocenters. The van der Waals surface area contributed by atoms with Crippen LogP contribution in [0.3, 0.4) is 0 Å². The first-order valence-corrected chi connectivity index (χ1v) is 7.07. The van der Waals surface area contributed by atoms with Crippen LogP contribution in [0.1, 0.15) is 17.2 Å². The van der Waals surface area contributed by atoms with Crippen LogP contribution in [0.4, 0.5) is 18.9 Å². The molecule has 19 heavy (non-hydrogen) atoms. The van der Waals surface area contributed by atoms with Gasteiger partial charge in [-0.2, -0.15) is 13.2 Å². The lowest BCUT2D eigenvalue weighted by atomic mass is 10.0. The summed E-state index contributed by atoms with van der Waals surface area (Å²) >= 11 is 0.